The van der Waals surface area contributed by atoms with Crippen LogP contribution in [0.2, 0.25) is 0 Å². The Morgan fingerprint density at radius 2 is 1.72 bits per heavy atom. The van der Waals surface area contributed by atoms with E-state index in [-0.39, 0.29) is 18.8 Å². The fraction of sp³-hybridized carbons (Fsp3) is 0.147. The minimum absolute atomic E-state index is 0.174. The molecule has 0 fully saturated rings. The fourth-order valence-electron chi connectivity index (χ4n) is 5.03. The second kappa shape index (κ2) is 13.7. The first-order chi connectivity index (χ1) is 22.4. The number of nitrogens with one attached hydrogen (secondary N) is 1. The molecule has 3 heterocycles. The zero-order valence-corrected chi connectivity index (χ0v) is 26.4. The molecular formula is C34H28BrFN6O4. The number of ether oxygens (including phenoxy) is 3. The molecule has 0 saturated heterocycles. The van der Waals surface area contributed by atoms with Crippen LogP contribution in [0.5, 0.6) is 11.5 Å². The van der Waals surface area contributed by atoms with E-state index in [0.29, 0.717) is 38.8 Å². The lowest BCUT2D eigenvalue weighted by atomic mass is 10.0. The van der Waals surface area contributed by atoms with E-state index in [0.717, 1.165) is 22.3 Å². The fourth-order valence-corrected chi connectivity index (χ4v) is 5.73. The van der Waals surface area contributed by atoms with Gasteiger partial charge in [0.1, 0.15) is 41.8 Å². The van der Waals surface area contributed by atoms with E-state index in [2.05, 4.69) is 41.3 Å². The van der Waals surface area contributed by atoms with Crippen LogP contribution in [0.3, 0.4) is 0 Å². The van der Waals surface area contributed by atoms with Crippen molar-refractivity contribution in [1.82, 2.24) is 24.6 Å². The summed E-state index contributed by atoms with van der Waals surface area (Å²) >= 11 is 3.66. The number of aromatic nitrogens is 5. The van der Waals surface area contributed by atoms with Gasteiger partial charge >= 0.3 is 5.97 Å². The number of methoxy groups -OCH3 is 2. The van der Waals surface area contributed by atoms with E-state index in [9.17, 15) is 9.18 Å². The van der Waals surface area contributed by atoms with Crippen molar-refractivity contribution in [2.24, 2.45) is 0 Å². The summed E-state index contributed by atoms with van der Waals surface area (Å²) in [6.07, 6.45) is 5.11. The molecule has 3 aromatic carbocycles. The number of halogens is 2. The Labute approximate surface area is 272 Å². The van der Waals surface area contributed by atoms with Gasteiger partial charge in [0, 0.05) is 24.4 Å². The van der Waals surface area contributed by atoms with Gasteiger partial charge in [0.25, 0.3) is 0 Å². The van der Waals surface area contributed by atoms with E-state index in [4.69, 9.17) is 14.2 Å². The normalized spacial score (nSPS) is 11.7. The molecular weight excluding hydrogens is 655 g/mol. The summed E-state index contributed by atoms with van der Waals surface area (Å²) in [5.41, 5.74) is 4.41. The summed E-state index contributed by atoms with van der Waals surface area (Å²) in [5, 5.41) is 7.58. The molecule has 12 heteroatoms. The lowest BCUT2D eigenvalue weighted by molar-refractivity contribution is -0.141. The number of esters is 1. The van der Waals surface area contributed by atoms with Crippen molar-refractivity contribution in [3.8, 4) is 34.0 Å². The van der Waals surface area contributed by atoms with Crippen LogP contribution in [0, 0.1) is 5.82 Å². The highest BCUT2D eigenvalue weighted by Crippen LogP contribution is 2.36. The van der Waals surface area contributed by atoms with Crippen molar-refractivity contribution in [3.05, 3.63) is 119 Å². The second-order valence-electron chi connectivity index (χ2n) is 10.2. The number of hydrogen-bond donors (Lipinski definition) is 1. The molecule has 0 spiro atoms. The van der Waals surface area contributed by atoms with Crippen LogP contribution in [0.4, 0.5) is 10.2 Å². The first kappa shape index (κ1) is 30.7. The number of fused-ring (bicyclic) bond motifs is 1. The van der Waals surface area contributed by atoms with Crippen LogP contribution in [0.1, 0.15) is 11.3 Å². The van der Waals surface area contributed by atoms with Crippen LogP contribution in [-0.4, -0.2) is 50.8 Å². The van der Waals surface area contributed by atoms with E-state index in [1.807, 2.05) is 54.7 Å². The second-order valence-corrected chi connectivity index (χ2v) is 11.0. The molecule has 0 aliphatic carbocycles. The Morgan fingerprint density at radius 1 is 0.957 bits per heavy atom. The average molecular weight is 684 g/mol. The first-order valence-corrected chi connectivity index (χ1v) is 15.0. The standard InChI is InChI=1S/C34H28BrFN6O4/c1-44-29-10-6-4-8-25(29)32-37-16-15-24(40-32)19-46-28-9-5-3-7-22(28)17-27(34(43)45-2)41-33-31-30(35)26(18-42(31)39-20-38-33)21-11-13-23(36)14-12-21/h3-16,18,20,27H,17,19H2,1-2H3,(H,38,39,41)/t27-/m1/s1. The number of hydrogen-bond acceptors (Lipinski definition) is 9. The molecule has 0 unspecified atom stereocenters. The van der Waals surface area contributed by atoms with Crippen LogP contribution >= 0.6 is 15.9 Å². The van der Waals surface area contributed by atoms with E-state index in [1.54, 1.807) is 36.0 Å². The topological polar surface area (TPSA) is 113 Å². The Kier molecular flexibility index (Phi) is 9.15. The minimum Gasteiger partial charge on any atom is -0.496 e. The number of carbonyl (C=O) groups is 1. The van der Waals surface area contributed by atoms with Crippen molar-refractivity contribution in [2.45, 2.75) is 19.1 Å². The molecule has 0 amide bonds. The number of carbonyl (C=O) groups excluding carboxylic acids is 1. The summed E-state index contributed by atoms with van der Waals surface area (Å²) in [5.74, 6) is 1.39. The van der Waals surface area contributed by atoms with Gasteiger partial charge in [-0.2, -0.15) is 5.10 Å². The Hall–Kier alpha value is -5.36. The molecule has 6 aromatic rings. The van der Waals surface area contributed by atoms with Crippen LogP contribution in [-0.2, 0) is 22.6 Å². The van der Waals surface area contributed by atoms with Crippen molar-refractivity contribution in [3.63, 3.8) is 0 Å². The molecule has 1 atom stereocenters. The third-order valence-electron chi connectivity index (χ3n) is 7.30. The summed E-state index contributed by atoms with van der Waals surface area (Å²) in [7, 11) is 2.94. The summed E-state index contributed by atoms with van der Waals surface area (Å²) < 4.78 is 32.7. The quantitative estimate of drug-likeness (QED) is 0.152. The highest BCUT2D eigenvalue weighted by molar-refractivity contribution is 9.10. The molecule has 46 heavy (non-hydrogen) atoms. The van der Waals surface area contributed by atoms with Crippen molar-refractivity contribution in [1.29, 1.82) is 0 Å². The maximum absolute atomic E-state index is 13.6. The lowest BCUT2D eigenvalue weighted by Crippen LogP contribution is -2.33. The molecule has 6 rings (SSSR count). The number of anilines is 1. The van der Waals surface area contributed by atoms with Crippen molar-refractivity contribution < 1.29 is 23.4 Å². The minimum atomic E-state index is -0.819. The highest BCUT2D eigenvalue weighted by atomic mass is 79.9. The molecule has 0 aliphatic heterocycles. The number of nitrogens with zero attached hydrogens (tertiary/aromatic N) is 5. The van der Waals surface area contributed by atoms with E-state index in [1.165, 1.54) is 25.6 Å². The maximum atomic E-state index is 13.6. The number of benzene rings is 3. The van der Waals surface area contributed by atoms with Crippen molar-refractivity contribution in [2.75, 3.05) is 19.5 Å². The largest absolute Gasteiger partial charge is 0.496 e. The monoisotopic (exact) mass is 682 g/mol. The molecule has 1 N–H and O–H groups in total. The lowest BCUT2D eigenvalue weighted by Gasteiger charge is -2.19. The van der Waals surface area contributed by atoms with Gasteiger partial charge in [0.15, 0.2) is 11.6 Å². The van der Waals surface area contributed by atoms with E-state index >= 15 is 0 Å². The van der Waals surface area contributed by atoms with Gasteiger partial charge in [-0.25, -0.2) is 28.7 Å². The van der Waals surface area contributed by atoms with Crippen LogP contribution in [0.15, 0.2) is 102 Å². The zero-order chi connectivity index (χ0) is 32.0. The van der Waals surface area contributed by atoms with Crippen LogP contribution in [0.25, 0.3) is 28.0 Å². The molecule has 3 aromatic heterocycles. The van der Waals surface area contributed by atoms with Gasteiger partial charge in [-0.1, -0.05) is 42.5 Å². The summed E-state index contributed by atoms with van der Waals surface area (Å²) in [6.45, 7) is 0.174. The van der Waals surface area contributed by atoms with Crippen LogP contribution < -0.4 is 14.8 Å². The SMILES string of the molecule is COC(=O)[C@@H](Cc1ccccc1OCc1ccnc(-c2ccccc2OC)n1)Nc1ncnn2cc(-c3ccc(F)cc3)c(Br)c12. The average Bonchev–Trinajstić information content (AvgIpc) is 3.44. The predicted octanol–water partition coefficient (Wildman–Crippen LogP) is 6.54. The van der Waals surface area contributed by atoms with Gasteiger partial charge in [-0.15, -0.1) is 0 Å². The molecule has 0 radical (unpaired) electrons. The van der Waals surface area contributed by atoms with Gasteiger partial charge < -0.3 is 19.5 Å². The zero-order valence-electron chi connectivity index (χ0n) is 24.9. The molecule has 0 aliphatic rings. The Bertz CT molecular complexity index is 2000. The van der Waals surface area contributed by atoms with E-state index < -0.39 is 12.0 Å². The summed E-state index contributed by atoms with van der Waals surface area (Å²) in [6, 6.07) is 22.1. The maximum Gasteiger partial charge on any atom is 0.328 e. The van der Waals surface area contributed by atoms with Crippen molar-refractivity contribution >= 4 is 33.2 Å². The highest BCUT2D eigenvalue weighted by Gasteiger charge is 2.25. The van der Waals surface area contributed by atoms with Gasteiger partial charge in [0.05, 0.1) is 29.9 Å². The number of para-hydroxylation sites is 2. The van der Waals surface area contributed by atoms with Gasteiger partial charge in [-0.05, 0) is 63.5 Å². The molecule has 10 nitrogen and oxygen atoms in total. The third kappa shape index (κ3) is 6.52. The van der Waals surface area contributed by atoms with Gasteiger partial charge in [0.2, 0.25) is 0 Å². The molecule has 232 valence electrons. The summed E-state index contributed by atoms with van der Waals surface area (Å²) in [4.78, 5) is 26.6. The predicted molar refractivity (Wildman–Crippen MR) is 174 cm³/mol. The van der Waals surface area contributed by atoms with Gasteiger partial charge in [-0.3, -0.25) is 0 Å². The third-order valence-corrected chi connectivity index (χ3v) is 8.10. The smallest absolute Gasteiger partial charge is 0.328 e. The molecule has 0 bridgehead atoms. The number of rotatable bonds is 11. The Morgan fingerprint density at radius 3 is 2.50 bits per heavy atom. The first-order valence-electron chi connectivity index (χ1n) is 14.2. The molecule has 0 saturated carbocycles. The Balaban J connectivity index is 1.24.